The van der Waals surface area contributed by atoms with E-state index in [1.165, 1.54) is 18.3 Å². The fraction of sp³-hybridized carbons (Fsp3) is 0.458. The zero-order valence-electron chi connectivity index (χ0n) is 18.7. The monoisotopic (exact) mass is 467 g/mol. The minimum atomic E-state index is -0.292. The van der Waals surface area contributed by atoms with Gasteiger partial charge in [0.1, 0.15) is 30.2 Å². The molecule has 0 radical (unpaired) electrons. The van der Waals surface area contributed by atoms with E-state index < -0.39 is 0 Å². The molecule has 34 heavy (non-hydrogen) atoms. The number of hydrogen-bond donors (Lipinski definition) is 1. The first-order chi connectivity index (χ1) is 16.6. The van der Waals surface area contributed by atoms with Crippen LogP contribution in [0.4, 0.5) is 4.39 Å². The van der Waals surface area contributed by atoms with Crippen molar-refractivity contribution in [2.45, 2.75) is 38.0 Å². The Labute approximate surface area is 194 Å². The molecule has 3 aliphatic heterocycles. The molecule has 1 saturated heterocycles. The maximum absolute atomic E-state index is 14.4. The molecule has 6 rings (SSSR count). The van der Waals surface area contributed by atoms with Gasteiger partial charge in [0.25, 0.3) is 11.1 Å². The summed E-state index contributed by atoms with van der Waals surface area (Å²) < 4.78 is 28.8. The Morgan fingerprint density at radius 2 is 1.82 bits per heavy atom. The molecule has 1 atom stereocenters. The van der Waals surface area contributed by atoms with Crippen molar-refractivity contribution in [3.8, 4) is 11.5 Å². The molecule has 3 aromatic rings. The molecule has 5 heterocycles. The van der Waals surface area contributed by atoms with Gasteiger partial charge in [0, 0.05) is 43.4 Å². The van der Waals surface area contributed by atoms with Gasteiger partial charge in [-0.1, -0.05) is 0 Å². The Morgan fingerprint density at radius 1 is 1.06 bits per heavy atom. The summed E-state index contributed by atoms with van der Waals surface area (Å²) in [6, 6.07) is 6.51. The number of nitrogens with zero attached hydrogens (tertiary/aromatic N) is 4. The van der Waals surface area contributed by atoms with Gasteiger partial charge >= 0.3 is 0 Å². The molecule has 3 aliphatic rings. The largest absolute Gasteiger partial charge is 0.486 e. The number of nitrogens with one attached hydrogen (secondary N) is 1. The Morgan fingerprint density at radius 3 is 2.62 bits per heavy atom. The highest BCUT2D eigenvalue weighted by Gasteiger charge is 2.29. The fourth-order valence-electron chi connectivity index (χ4n) is 5.28. The van der Waals surface area contributed by atoms with Gasteiger partial charge in [-0.05, 0) is 38.1 Å². The molecular weight excluding hydrogens is 441 g/mol. The number of pyridine rings is 1. The summed E-state index contributed by atoms with van der Waals surface area (Å²) in [5.74, 6) is 0.762. The molecule has 2 aromatic heterocycles. The van der Waals surface area contributed by atoms with Gasteiger partial charge in [-0.15, -0.1) is 0 Å². The van der Waals surface area contributed by atoms with Gasteiger partial charge in [-0.2, -0.15) is 0 Å². The third-order valence-electron chi connectivity index (χ3n) is 7.02. The number of hydrogen-bond acceptors (Lipinski definition) is 7. The Hall–Kier alpha value is -3.24. The van der Waals surface area contributed by atoms with Gasteiger partial charge in [-0.3, -0.25) is 18.7 Å². The maximum atomic E-state index is 14.4. The molecule has 10 heteroatoms. The number of benzene rings is 1. The first-order valence-electron chi connectivity index (χ1n) is 11.7. The Kier molecular flexibility index (Phi) is 5.34. The van der Waals surface area contributed by atoms with Crippen molar-refractivity contribution in [1.29, 1.82) is 0 Å². The molecule has 178 valence electrons. The van der Waals surface area contributed by atoms with Crippen LogP contribution in [-0.4, -0.2) is 57.9 Å². The lowest BCUT2D eigenvalue weighted by atomic mass is 10.0. The highest BCUT2D eigenvalue weighted by Crippen LogP contribution is 2.32. The average molecular weight is 468 g/mol. The van der Waals surface area contributed by atoms with Gasteiger partial charge in [0.2, 0.25) is 0 Å². The lowest BCUT2D eigenvalue weighted by Gasteiger charge is -2.34. The quantitative estimate of drug-likeness (QED) is 0.605. The number of fused-ring (bicyclic) bond motifs is 1. The van der Waals surface area contributed by atoms with Crippen LogP contribution in [0, 0.1) is 5.82 Å². The van der Waals surface area contributed by atoms with Crippen molar-refractivity contribution in [3.05, 3.63) is 62.6 Å². The molecule has 0 saturated carbocycles. The third kappa shape index (κ3) is 3.76. The molecule has 0 bridgehead atoms. The molecule has 0 aliphatic carbocycles. The van der Waals surface area contributed by atoms with Gasteiger partial charge < -0.3 is 19.7 Å². The molecular formula is C24H26FN5O4. The second-order valence-electron chi connectivity index (χ2n) is 9.15. The maximum Gasteiger partial charge on any atom is 0.270 e. The lowest BCUT2D eigenvalue weighted by Crippen LogP contribution is -2.44. The van der Waals surface area contributed by atoms with Crippen molar-refractivity contribution < 1.29 is 13.9 Å². The van der Waals surface area contributed by atoms with Gasteiger partial charge in [0.15, 0.2) is 11.5 Å². The van der Waals surface area contributed by atoms with Crippen LogP contribution in [0.3, 0.4) is 0 Å². The van der Waals surface area contributed by atoms with Crippen LogP contribution < -0.4 is 25.9 Å². The number of likely N-dealkylation sites (tertiary alicyclic amines) is 1. The summed E-state index contributed by atoms with van der Waals surface area (Å²) in [5.41, 5.74) is 1.57. The first-order valence-corrected chi connectivity index (χ1v) is 11.7. The number of ether oxygens (including phenoxy) is 2. The SMILES string of the molecule is O=c1cnc2ccc(=O)n3c2n1CC3CN1CCC(NCc2cc3c(cc2F)OCCO3)CC1. The minimum Gasteiger partial charge on any atom is -0.486 e. The van der Waals surface area contributed by atoms with E-state index in [4.69, 9.17) is 9.47 Å². The van der Waals surface area contributed by atoms with Crippen LogP contribution in [0.1, 0.15) is 24.4 Å². The topological polar surface area (TPSA) is 90.6 Å². The van der Waals surface area contributed by atoms with E-state index in [0.29, 0.717) is 61.1 Å². The summed E-state index contributed by atoms with van der Waals surface area (Å²) in [7, 11) is 0. The van der Waals surface area contributed by atoms with Crippen molar-refractivity contribution in [2.75, 3.05) is 32.8 Å². The fourth-order valence-corrected chi connectivity index (χ4v) is 5.28. The normalized spacial score (nSPS) is 20.2. The average Bonchev–Trinajstić information content (AvgIpc) is 3.23. The number of aromatic nitrogens is 3. The molecule has 1 fully saturated rings. The zero-order chi connectivity index (χ0) is 23.2. The number of rotatable bonds is 5. The molecule has 1 aromatic carbocycles. The summed E-state index contributed by atoms with van der Waals surface area (Å²) in [6.45, 7) is 4.26. The highest BCUT2D eigenvalue weighted by molar-refractivity contribution is 5.71. The minimum absolute atomic E-state index is 0.0931. The van der Waals surface area contributed by atoms with E-state index in [9.17, 15) is 14.0 Å². The van der Waals surface area contributed by atoms with Crippen LogP contribution in [0.25, 0.3) is 11.2 Å². The van der Waals surface area contributed by atoms with Crippen LogP contribution >= 0.6 is 0 Å². The number of piperidine rings is 1. The summed E-state index contributed by atoms with van der Waals surface area (Å²) in [5, 5.41) is 3.47. The third-order valence-corrected chi connectivity index (χ3v) is 7.02. The van der Waals surface area contributed by atoms with Gasteiger partial charge in [-0.25, -0.2) is 9.37 Å². The van der Waals surface area contributed by atoms with Crippen LogP contribution in [-0.2, 0) is 13.1 Å². The predicted octanol–water partition coefficient (Wildman–Crippen LogP) is 1.28. The lowest BCUT2D eigenvalue weighted by molar-refractivity contribution is 0.168. The van der Waals surface area contributed by atoms with Crippen molar-refractivity contribution in [3.63, 3.8) is 0 Å². The van der Waals surface area contributed by atoms with E-state index >= 15 is 0 Å². The van der Waals surface area contributed by atoms with E-state index in [2.05, 4.69) is 15.2 Å². The smallest absolute Gasteiger partial charge is 0.270 e. The molecule has 9 nitrogen and oxygen atoms in total. The first kappa shape index (κ1) is 21.3. The van der Waals surface area contributed by atoms with Crippen LogP contribution in [0.5, 0.6) is 11.5 Å². The zero-order valence-corrected chi connectivity index (χ0v) is 18.7. The molecule has 1 unspecified atom stereocenters. The van der Waals surface area contributed by atoms with E-state index in [1.807, 2.05) is 0 Å². The summed E-state index contributed by atoms with van der Waals surface area (Å²) in [4.78, 5) is 31.4. The standard InChI is InChI=1S/C24H26FN5O4/c25-18-10-21-20(33-7-8-34-21)9-15(18)11-26-16-3-5-28(6-4-16)13-17-14-29-23(32)12-27-19-1-2-22(31)30(17)24(19)29/h1-2,9-10,12,16-17,26H,3-8,11,13-14H2. The van der Waals surface area contributed by atoms with Crippen LogP contribution in [0.15, 0.2) is 40.1 Å². The number of halogens is 1. The van der Waals surface area contributed by atoms with E-state index in [0.717, 1.165) is 25.9 Å². The Balaban J connectivity index is 1.07. The Bertz CT molecular complexity index is 1360. The predicted molar refractivity (Wildman–Crippen MR) is 123 cm³/mol. The van der Waals surface area contributed by atoms with Crippen molar-refractivity contribution in [1.82, 2.24) is 24.3 Å². The molecule has 0 spiro atoms. The highest BCUT2D eigenvalue weighted by atomic mass is 19.1. The second kappa shape index (κ2) is 8.52. The summed E-state index contributed by atoms with van der Waals surface area (Å²) >= 11 is 0. The van der Waals surface area contributed by atoms with Crippen molar-refractivity contribution in [2.24, 2.45) is 0 Å². The second-order valence-corrected chi connectivity index (χ2v) is 9.15. The van der Waals surface area contributed by atoms with Crippen LogP contribution in [0.2, 0.25) is 0 Å². The van der Waals surface area contributed by atoms with Gasteiger partial charge in [0.05, 0.1) is 12.2 Å². The summed E-state index contributed by atoms with van der Waals surface area (Å²) in [6.07, 6.45) is 3.17. The van der Waals surface area contributed by atoms with E-state index in [1.54, 1.807) is 21.3 Å². The molecule has 0 amide bonds. The van der Waals surface area contributed by atoms with Crippen molar-refractivity contribution >= 4 is 11.2 Å². The molecule has 1 N–H and O–H groups in total. The van der Waals surface area contributed by atoms with E-state index in [-0.39, 0.29) is 29.0 Å².